The molecule has 1 saturated carbocycles. The molecule has 0 heterocycles. The predicted octanol–water partition coefficient (Wildman–Crippen LogP) is 0.466. The van der Waals surface area contributed by atoms with Gasteiger partial charge in [0.2, 0.25) is 0 Å². The van der Waals surface area contributed by atoms with Crippen LogP contribution in [0.1, 0.15) is 26.7 Å². The monoisotopic (exact) mass is 229 g/mol. The molecule has 0 aromatic rings. The Hall–Kier alpha value is -1.10. The first-order valence-corrected chi connectivity index (χ1v) is 5.69. The van der Waals surface area contributed by atoms with E-state index in [2.05, 4.69) is 0 Å². The third-order valence-corrected chi connectivity index (χ3v) is 2.66. The minimum Gasteiger partial charge on any atom is -0.466 e. The summed E-state index contributed by atoms with van der Waals surface area (Å²) in [6.45, 7) is 4.24. The van der Waals surface area contributed by atoms with Crippen LogP contribution in [0, 0.1) is 11.8 Å². The summed E-state index contributed by atoms with van der Waals surface area (Å²) in [6, 6.07) is -0.621. The topological polar surface area (TPSA) is 78.6 Å². The molecule has 0 aromatic carbocycles. The molecule has 2 N–H and O–H groups in total. The summed E-state index contributed by atoms with van der Waals surface area (Å²) in [5.74, 6) is -0.459. The molecule has 0 aromatic heterocycles. The molecule has 1 aliphatic carbocycles. The average molecular weight is 229 g/mol. The molecule has 5 heteroatoms. The zero-order valence-electron chi connectivity index (χ0n) is 9.77. The van der Waals surface area contributed by atoms with Crippen LogP contribution >= 0.6 is 0 Å². The average Bonchev–Trinajstić information content (AvgIpc) is 2.98. The van der Waals surface area contributed by atoms with Crippen molar-refractivity contribution in [3.05, 3.63) is 0 Å². The number of nitrogens with two attached hydrogens (primary N) is 1. The van der Waals surface area contributed by atoms with Crippen molar-refractivity contribution in [1.82, 2.24) is 0 Å². The predicted molar refractivity (Wildman–Crippen MR) is 57.5 cm³/mol. The first-order chi connectivity index (χ1) is 7.60. The van der Waals surface area contributed by atoms with Crippen LogP contribution in [0.4, 0.5) is 0 Å². The van der Waals surface area contributed by atoms with E-state index in [9.17, 15) is 9.59 Å². The molecule has 0 spiro atoms. The molecule has 1 rings (SSSR count). The van der Waals surface area contributed by atoms with Crippen LogP contribution in [0.15, 0.2) is 0 Å². The van der Waals surface area contributed by atoms with E-state index in [1.54, 1.807) is 13.8 Å². The smallest absolute Gasteiger partial charge is 0.322 e. The van der Waals surface area contributed by atoms with Gasteiger partial charge >= 0.3 is 11.9 Å². The number of ether oxygens (including phenoxy) is 2. The van der Waals surface area contributed by atoms with Crippen LogP contribution < -0.4 is 5.73 Å². The molecule has 0 amide bonds. The number of esters is 2. The molecule has 0 saturated heterocycles. The standard InChI is InChI=1S/C11H19NO4/c1-3-15-10(13)8-5-7(8)6-9(12)11(14)16-4-2/h7-9H,3-6,12H2,1-2H3/t7-,8+,9+/m1/s1. The van der Waals surface area contributed by atoms with Gasteiger partial charge in [-0.2, -0.15) is 0 Å². The van der Waals surface area contributed by atoms with Gasteiger partial charge in [0.05, 0.1) is 19.1 Å². The second-order valence-corrected chi connectivity index (χ2v) is 3.95. The third-order valence-electron chi connectivity index (χ3n) is 2.66. The Bertz CT molecular complexity index is 267. The maximum absolute atomic E-state index is 11.3. The van der Waals surface area contributed by atoms with E-state index in [-0.39, 0.29) is 17.8 Å². The lowest BCUT2D eigenvalue weighted by molar-refractivity contribution is -0.147. The lowest BCUT2D eigenvalue weighted by atomic mass is 10.1. The normalized spacial score (nSPS) is 24.7. The Morgan fingerprint density at radius 3 is 2.50 bits per heavy atom. The van der Waals surface area contributed by atoms with Crippen molar-refractivity contribution in [3.8, 4) is 0 Å². The first kappa shape index (κ1) is 13.0. The zero-order valence-corrected chi connectivity index (χ0v) is 9.77. The molecule has 0 unspecified atom stereocenters. The lowest BCUT2D eigenvalue weighted by Gasteiger charge is -2.09. The number of hydrogen-bond acceptors (Lipinski definition) is 5. The largest absolute Gasteiger partial charge is 0.466 e. The van der Waals surface area contributed by atoms with E-state index in [1.807, 2.05) is 0 Å². The van der Waals surface area contributed by atoms with Gasteiger partial charge in [0.1, 0.15) is 6.04 Å². The van der Waals surface area contributed by atoms with Crippen molar-refractivity contribution in [2.45, 2.75) is 32.7 Å². The van der Waals surface area contributed by atoms with Crippen LogP contribution in [0.5, 0.6) is 0 Å². The molecule has 0 radical (unpaired) electrons. The van der Waals surface area contributed by atoms with Gasteiger partial charge in [-0.25, -0.2) is 0 Å². The Morgan fingerprint density at radius 1 is 1.31 bits per heavy atom. The molecule has 3 atom stereocenters. The van der Waals surface area contributed by atoms with E-state index in [0.29, 0.717) is 19.6 Å². The van der Waals surface area contributed by atoms with Crippen LogP contribution in [0.25, 0.3) is 0 Å². The molecule has 16 heavy (non-hydrogen) atoms. The second kappa shape index (κ2) is 5.84. The van der Waals surface area contributed by atoms with Gasteiger partial charge in [-0.15, -0.1) is 0 Å². The quantitative estimate of drug-likeness (QED) is 0.670. The number of carbonyl (C=O) groups excluding carboxylic acids is 2. The first-order valence-electron chi connectivity index (χ1n) is 5.69. The van der Waals surface area contributed by atoms with E-state index in [0.717, 1.165) is 6.42 Å². The van der Waals surface area contributed by atoms with Crippen molar-refractivity contribution in [3.63, 3.8) is 0 Å². The highest BCUT2D eigenvalue weighted by molar-refractivity contribution is 5.77. The molecular weight excluding hydrogens is 210 g/mol. The summed E-state index contributed by atoms with van der Waals surface area (Å²) in [5, 5.41) is 0. The van der Waals surface area contributed by atoms with Gasteiger partial charge in [-0.3, -0.25) is 9.59 Å². The van der Waals surface area contributed by atoms with E-state index in [4.69, 9.17) is 15.2 Å². The van der Waals surface area contributed by atoms with Crippen molar-refractivity contribution < 1.29 is 19.1 Å². The fourth-order valence-corrected chi connectivity index (χ4v) is 1.72. The maximum atomic E-state index is 11.3. The highest BCUT2D eigenvalue weighted by Gasteiger charge is 2.45. The van der Waals surface area contributed by atoms with Crippen LogP contribution in [-0.2, 0) is 19.1 Å². The molecule has 92 valence electrons. The molecule has 0 aliphatic heterocycles. The highest BCUT2D eigenvalue weighted by Crippen LogP contribution is 2.42. The Morgan fingerprint density at radius 2 is 1.94 bits per heavy atom. The summed E-state index contributed by atoms with van der Waals surface area (Å²) in [5.41, 5.74) is 5.65. The molecule has 5 nitrogen and oxygen atoms in total. The SMILES string of the molecule is CCOC(=O)[C@H]1C[C@@H]1C[C@H](N)C(=O)OCC. The second-order valence-electron chi connectivity index (χ2n) is 3.95. The van der Waals surface area contributed by atoms with Gasteiger partial charge in [0.25, 0.3) is 0 Å². The highest BCUT2D eigenvalue weighted by atomic mass is 16.5. The molecular formula is C11H19NO4. The van der Waals surface area contributed by atoms with Crippen LogP contribution in [0.2, 0.25) is 0 Å². The number of carbonyl (C=O) groups is 2. The zero-order chi connectivity index (χ0) is 12.1. The molecule has 0 bridgehead atoms. The van der Waals surface area contributed by atoms with Crippen molar-refractivity contribution in [2.75, 3.05) is 13.2 Å². The molecule has 1 aliphatic rings. The van der Waals surface area contributed by atoms with Gasteiger partial charge < -0.3 is 15.2 Å². The minimum absolute atomic E-state index is 0.0690. The fraction of sp³-hybridized carbons (Fsp3) is 0.818. The Labute approximate surface area is 95.3 Å². The summed E-state index contributed by atoms with van der Waals surface area (Å²) in [6.07, 6.45) is 1.27. The Kier molecular flexibility index (Phi) is 4.73. The Balaban J connectivity index is 2.25. The van der Waals surface area contributed by atoms with Crippen molar-refractivity contribution in [2.24, 2.45) is 17.6 Å². The summed E-state index contributed by atoms with van der Waals surface area (Å²) in [7, 11) is 0. The van der Waals surface area contributed by atoms with E-state index < -0.39 is 12.0 Å². The number of rotatable bonds is 6. The van der Waals surface area contributed by atoms with Gasteiger partial charge in [-0.1, -0.05) is 0 Å². The van der Waals surface area contributed by atoms with E-state index >= 15 is 0 Å². The van der Waals surface area contributed by atoms with Gasteiger partial charge in [0.15, 0.2) is 0 Å². The lowest BCUT2D eigenvalue weighted by Crippen LogP contribution is -2.33. The van der Waals surface area contributed by atoms with Crippen molar-refractivity contribution >= 4 is 11.9 Å². The summed E-state index contributed by atoms with van der Waals surface area (Å²) in [4.78, 5) is 22.6. The minimum atomic E-state index is -0.621. The van der Waals surface area contributed by atoms with E-state index in [1.165, 1.54) is 0 Å². The van der Waals surface area contributed by atoms with Gasteiger partial charge in [0, 0.05) is 0 Å². The fourth-order valence-electron chi connectivity index (χ4n) is 1.72. The maximum Gasteiger partial charge on any atom is 0.322 e. The van der Waals surface area contributed by atoms with Crippen LogP contribution in [0.3, 0.4) is 0 Å². The van der Waals surface area contributed by atoms with Crippen molar-refractivity contribution in [1.29, 1.82) is 0 Å². The van der Waals surface area contributed by atoms with Gasteiger partial charge in [-0.05, 0) is 32.6 Å². The third kappa shape index (κ3) is 3.48. The molecule has 1 fully saturated rings. The van der Waals surface area contributed by atoms with Crippen LogP contribution in [-0.4, -0.2) is 31.2 Å². The summed E-state index contributed by atoms with van der Waals surface area (Å²) < 4.78 is 9.69. The summed E-state index contributed by atoms with van der Waals surface area (Å²) >= 11 is 0. The number of hydrogen-bond donors (Lipinski definition) is 1.